The van der Waals surface area contributed by atoms with Gasteiger partial charge in [-0.2, -0.15) is 0 Å². The van der Waals surface area contributed by atoms with Gasteiger partial charge < -0.3 is 10.5 Å². The van der Waals surface area contributed by atoms with Crippen LogP contribution in [-0.4, -0.2) is 59.6 Å². The molecule has 1 unspecified atom stereocenters. The number of rotatable bonds is 14. The molecule has 1 heterocycles. The van der Waals surface area contributed by atoms with Gasteiger partial charge in [0.1, 0.15) is 4.45 Å². The van der Waals surface area contributed by atoms with Crippen LogP contribution in [0.15, 0.2) is 4.99 Å². The van der Waals surface area contributed by atoms with Crippen LogP contribution in [0.2, 0.25) is 0 Å². The van der Waals surface area contributed by atoms with Crippen molar-refractivity contribution in [2.24, 2.45) is 10.7 Å². The minimum Gasteiger partial charge on any atom is -0.330 e. The summed E-state index contributed by atoms with van der Waals surface area (Å²) in [4.78, 5) is 29.5. The second-order valence-corrected chi connectivity index (χ2v) is 7.51. The fourth-order valence-electron chi connectivity index (χ4n) is 2.73. The molecule has 0 aromatic carbocycles. The van der Waals surface area contributed by atoms with E-state index in [-0.39, 0.29) is 0 Å². The van der Waals surface area contributed by atoms with Crippen molar-refractivity contribution >= 4 is 28.3 Å². The van der Waals surface area contributed by atoms with Crippen LogP contribution in [0.25, 0.3) is 0 Å². The van der Waals surface area contributed by atoms with E-state index in [0.29, 0.717) is 6.54 Å². The van der Waals surface area contributed by atoms with Gasteiger partial charge >= 0.3 is 0 Å². The zero-order chi connectivity index (χ0) is 17.0. The van der Waals surface area contributed by atoms with Gasteiger partial charge in [0.25, 0.3) is 0 Å². The molecule has 6 nitrogen and oxygen atoms in total. The molecule has 0 spiro atoms. The maximum absolute atomic E-state index is 11.4. The van der Waals surface area contributed by atoms with Crippen LogP contribution in [0.3, 0.4) is 0 Å². The minimum atomic E-state index is -0.509. The molecular formula is C16H29BrN4O2. The molecule has 0 radical (unpaired) electrons. The zero-order valence-corrected chi connectivity index (χ0v) is 15.5. The summed E-state index contributed by atoms with van der Waals surface area (Å²) in [7, 11) is 0. The maximum Gasteiger partial charge on any atom is 0.234 e. The number of hydrogen-bond acceptors (Lipinski definition) is 6. The van der Waals surface area contributed by atoms with E-state index < -0.39 is 4.45 Å². The van der Waals surface area contributed by atoms with Crippen LogP contribution >= 0.6 is 15.9 Å². The number of aliphatic imine (C=N–C) groups is 1. The molecule has 7 heteroatoms. The van der Waals surface area contributed by atoms with E-state index in [2.05, 4.69) is 30.7 Å². The van der Waals surface area contributed by atoms with Gasteiger partial charge in [0.15, 0.2) is 6.29 Å². The fourth-order valence-corrected chi connectivity index (χ4v) is 3.23. The molecule has 1 atom stereocenters. The highest BCUT2D eigenvalue weighted by Crippen LogP contribution is 2.32. The number of nitrogens with two attached hydrogens (primary N) is 1. The molecule has 0 aliphatic carbocycles. The molecule has 1 rings (SSSR count). The molecule has 0 amide bonds. The monoisotopic (exact) mass is 388 g/mol. The summed E-state index contributed by atoms with van der Waals surface area (Å²) in [6.45, 7) is 4.06. The van der Waals surface area contributed by atoms with Crippen molar-refractivity contribution in [1.29, 1.82) is 0 Å². The Labute approximate surface area is 147 Å². The summed E-state index contributed by atoms with van der Waals surface area (Å²) >= 11 is 3.62. The Hall–Kier alpha value is -0.590. The molecular weight excluding hydrogens is 360 g/mol. The smallest absolute Gasteiger partial charge is 0.234 e. The number of carbonyl (C=O) groups is 1. The Kier molecular flexibility index (Phi) is 10.6. The maximum atomic E-state index is 11.4. The van der Waals surface area contributed by atoms with E-state index in [0.717, 1.165) is 84.1 Å². The van der Waals surface area contributed by atoms with Crippen LogP contribution in [0.1, 0.15) is 51.4 Å². The Morgan fingerprint density at radius 1 is 1.13 bits per heavy atom. The highest BCUT2D eigenvalue weighted by atomic mass is 79.9. The van der Waals surface area contributed by atoms with E-state index in [1.54, 1.807) is 6.08 Å². The number of hydrogen-bond donors (Lipinski definition) is 1. The molecule has 1 saturated heterocycles. The van der Waals surface area contributed by atoms with Gasteiger partial charge in [0, 0.05) is 6.54 Å². The van der Waals surface area contributed by atoms with Crippen LogP contribution in [0, 0.1) is 0 Å². The van der Waals surface area contributed by atoms with Gasteiger partial charge in [-0.25, -0.2) is 9.79 Å². The highest BCUT2D eigenvalue weighted by Gasteiger charge is 2.40. The molecule has 1 aliphatic rings. The van der Waals surface area contributed by atoms with Crippen LogP contribution in [0.5, 0.6) is 0 Å². The highest BCUT2D eigenvalue weighted by molar-refractivity contribution is 9.10. The number of unbranched alkanes of at least 4 members (excludes halogenated alkanes) is 5. The van der Waals surface area contributed by atoms with Crippen molar-refractivity contribution in [3.63, 3.8) is 0 Å². The predicted octanol–water partition coefficient (Wildman–Crippen LogP) is 2.22. The molecule has 0 aromatic heterocycles. The average Bonchev–Trinajstić information content (AvgIpc) is 2.52. The quantitative estimate of drug-likeness (QED) is 0.123. The molecule has 1 aliphatic heterocycles. The molecule has 1 fully saturated rings. The molecule has 0 aromatic rings. The van der Waals surface area contributed by atoms with Gasteiger partial charge in [0.2, 0.25) is 6.08 Å². The van der Waals surface area contributed by atoms with E-state index in [1.807, 2.05) is 0 Å². The number of aldehydes is 1. The lowest BCUT2D eigenvalue weighted by atomic mass is 10.1. The van der Waals surface area contributed by atoms with E-state index >= 15 is 0 Å². The van der Waals surface area contributed by atoms with Crippen LogP contribution < -0.4 is 5.73 Å². The first-order valence-electron chi connectivity index (χ1n) is 8.52. The molecule has 0 saturated carbocycles. The van der Waals surface area contributed by atoms with Crippen molar-refractivity contribution in [1.82, 2.24) is 9.80 Å². The molecule has 23 heavy (non-hydrogen) atoms. The number of carbonyl (C=O) groups excluding carboxylic acids is 2. The summed E-state index contributed by atoms with van der Waals surface area (Å²) in [6.07, 6.45) is 10.9. The Morgan fingerprint density at radius 3 is 2.48 bits per heavy atom. The normalized spacial score (nSPS) is 18.0. The third-order valence-electron chi connectivity index (χ3n) is 4.24. The molecule has 132 valence electrons. The first-order valence-corrected chi connectivity index (χ1v) is 9.32. The van der Waals surface area contributed by atoms with Gasteiger partial charge in [-0.1, -0.05) is 41.6 Å². The van der Waals surface area contributed by atoms with Gasteiger partial charge in [0.05, 0.1) is 19.9 Å². The van der Waals surface area contributed by atoms with Crippen molar-refractivity contribution in [3.8, 4) is 0 Å². The lowest BCUT2D eigenvalue weighted by Crippen LogP contribution is -2.63. The fraction of sp³-hybridized carbons (Fsp3) is 0.875. The van der Waals surface area contributed by atoms with E-state index in [4.69, 9.17) is 5.73 Å². The van der Waals surface area contributed by atoms with Gasteiger partial charge in [-0.05, 0) is 32.2 Å². The van der Waals surface area contributed by atoms with Crippen molar-refractivity contribution in [2.75, 3.05) is 33.0 Å². The van der Waals surface area contributed by atoms with E-state index in [1.165, 1.54) is 0 Å². The Morgan fingerprint density at radius 2 is 1.83 bits per heavy atom. The number of alkyl halides is 1. The third kappa shape index (κ3) is 7.68. The summed E-state index contributed by atoms with van der Waals surface area (Å²) < 4.78 is -0.509. The van der Waals surface area contributed by atoms with Gasteiger partial charge in [-0.3, -0.25) is 9.80 Å². The SMILES string of the molecule is NCCCCCC(Br)(C=O)N1CN(CCCCCCN=C=O)C1. The Bertz CT molecular complexity index is 384. The number of halogens is 1. The predicted molar refractivity (Wildman–Crippen MR) is 95.0 cm³/mol. The molecule has 0 bridgehead atoms. The van der Waals surface area contributed by atoms with Crippen LogP contribution in [-0.2, 0) is 9.59 Å². The summed E-state index contributed by atoms with van der Waals surface area (Å²) in [6, 6.07) is 0. The zero-order valence-electron chi connectivity index (χ0n) is 13.9. The van der Waals surface area contributed by atoms with Gasteiger partial charge in [-0.15, -0.1) is 0 Å². The summed E-state index contributed by atoms with van der Waals surface area (Å²) in [5.74, 6) is 0. The number of isocyanates is 1. The van der Waals surface area contributed by atoms with Crippen molar-refractivity contribution in [2.45, 2.75) is 55.8 Å². The first kappa shape index (κ1) is 20.5. The van der Waals surface area contributed by atoms with Crippen molar-refractivity contribution < 1.29 is 9.59 Å². The average molecular weight is 389 g/mol. The topological polar surface area (TPSA) is 79.0 Å². The Balaban J connectivity index is 2.10. The van der Waals surface area contributed by atoms with Crippen molar-refractivity contribution in [3.05, 3.63) is 0 Å². The molecule has 2 N–H and O–H groups in total. The minimum absolute atomic E-state index is 0.509. The van der Waals surface area contributed by atoms with E-state index in [9.17, 15) is 9.59 Å². The lowest BCUT2D eigenvalue weighted by molar-refractivity contribution is -0.125. The second kappa shape index (κ2) is 11.9. The number of nitrogens with zero attached hydrogens (tertiary/aromatic N) is 3. The lowest BCUT2D eigenvalue weighted by Gasteiger charge is -2.49. The summed E-state index contributed by atoms with van der Waals surface area (Å²) in [5, 5.41) is 0. The largest absolute Gasteiger partial charge is 0.330 e. The standard InChI is InChI=1S/C16H29BrN4O2/c17-16(12-22,8-4-3-5-9-18)21-14-20(15-21)11-7-2-1-6-10-19-13-23/h12H,1-11,14-15,18H2. The first-order chi connectivity index (χ1) is 11.2. The second-order valence-electron chi connectivity index (χ2n) is 6.14. The third-order valence-corrected chi connectivity index (χ3v) is 5.32. The van der Waals surface area contributed by atoms with Crippen LogP contribution in [0.4, 0.5) is 0 Å². The summed E-state index contributed by atoms with van der Waals surface area (Å²) in [5.41, 5.74) is 5.50.